The van der Waals surface area contributed by atoms with Crippen LogP contribution >= 0.6 is 0 Å². The zero-order valence-corrected chi connectivity index (χ0v) is 20.0. The molecule has 2 spiro atoms. The van der Waals surface area contributed by atoms with Crippen LogP contribution in [0.15, 0.2) is 12.2 Å². The van der Waals surface area contributed by atoms with Crippen molar-refractivity contribution in [2.45, 2.75) is 116 Å². The summed E-state index contributed by atoms with van der Waals surface area (Å²) in [5, 5.41) is 10.4. The molecule has 4 fully saturated rings. The van der Waals surface area contributed by atoms with Crippen LogP contribution in [-0.4, -0.2) is 22.4 Å². The van der Waals surface area contributed by atoms with E-state index in [1.165, 1.54) is 44.9 Å². The van der Waals surface area contributed by atoms with Crippen LogP contribution in [0.1, 0.15) is 98.8 Å². The zero-order chi connectivity index (χ0) is 21.4. The van der Waals surface area contributed by atoms with Crippen molar-refractivity contribution in [2.24, 2.45) is 40.4 Å². The molecule has 2 bridgehead atoms. The summed E-state index contributed by atoms with van der Waals surface area (Å²) >= 11 is 0. The predicted octanol–water partition coefficient (Wildman–Crippen LogP) is 6.45. The van der Waals surface area contributed by atoms with Gasteiger partial charge in [-0.25, -0.2) is 9.78 Å². The van der Waals surface area contributed by atoms with Crippen LogP contribution in [0.5, 0.6) is 0 Å². The van der Waals surface area contributed by atoms with Crippen molar-refractivity contribution < 1.29 is 14.9 Å². The first-order valence-electron chi connectivity index (χ1n) is 12.9. The summed E-state index contributed by atoms with van der Waals surface area (Å²) in [5.41, 5.74) is -0.240. The molecule has 9 atom stereocenters. The van der Waals surface area contributed by atoms with E-state index >= 15 is 0 Å². The number of hydrogen-bond acceptors (Lipinski definition) is 3. The molecule has 0 radical (unpaired) electrons. The fourth-order valence-electron chi connectivity index (χ4n) is 9.12. The van der Waals surface area contributed by atoms with E-state index in [2.05, 4.69) is 46.8 Å². The number of aliphatic hydroxyl groups excluding tert-OH is 1. The van der Waals surface area contributed by atoms with Crippen molar-refractivity contribution in [3.05, 3.63) is 12.2 Å². The van der Waals surface area contributed by atoms with Gasteiger partial charge >= 0.3 is 0 Å². The Labute approximate surface area is 183 Å². The molecule has 6 rings (SSSR count). The summed E-state index contributed by atoms with van der Waals surface area (Å²) in [6.45, 7) is 12.2. The van der Waals surface area contributed by atoms with Crippen molar-refractivity contribution in [3.8, 4) is 0 Å². The van der Waals surface area contributed by atoms with E-state index < -0.39 is 5.60 Å². The third-order valence-electron chi connectivity index (χ3n) is 10.8. The van der Waals surface area contributed by atoms with E-state index in [1.807, 2.05) is 0 Å². The molecule has 2 aliphatic heterocycles. The summed E-state index contributed by atoms with van der Waals surface area (Å²) in [6, 6.07) is 0. The van der Waals surface area contributed by atoms with Crippen molar-refractivity contribution in [3.63, 3.8) is 0 Å². The normalized spacial score (nSPS) is 52.8. The van der Waals surface area contributed by atoms with Gasteiger partial charge in [0.2, 0.25) is 0 Å². The highest BCUT2D eigenvalue weighted by Gasteiger charge is 2.74. The molecule has 30 heavy (non-hydrogen) atoms. The third kappa shape index (κ3) is 2.73. The quantitative estimate of drug-likeness (QED) is 0.413. The van der Waals surface area contributed by atoms with Crippen LogP contribution in [-0.2, 0) is 9.78 Å². The third-order valence-corrected chi connectivity index (χ3v) is 10.8. The van der Waals surface area contributed by atoms with Crippen LogP contribution in [0.4, 0.5) is 0 Å². The van der Waals surface area contributed by atoms with Gasteiger partial charge in [-0.05, 0) is 67.8 Å². The van der Waals surface area contributed by atoms with Crippen molar-refractivity contribution in [2.75, 3.05) is 0 Å². The summed E-state index contributed by atoms with van der Waals surface area (Å²) in [5.74, 6) is 3.48. The molecular weight excluding hydrogens is 372 g/mol. The van der Waals surface area contributed by atoms with E-state index in [9.17, 15) is 5.11 Å². The van der Waals surface area contributed by atoms with Crippen LogP contribution in [0, 0.1) is 40.4 Å². The van der Waals surface area contributed by atoms with Gasteiger partial charge in [-0.1, -0.05) is 60.0 Å². The van der Waals surface area contributed by atoms with E-state index in [0.717, 1.165) is 30.6 Å². The molecule has 3 heteroatoms. The molecule has 0 aromatic carbocycles. The van der Waals surface area contributed by atoms with Gasteiger partial charge in [0.1, 0.15) is 11.2 Å². The van der Waals surface area contributed by atoms with E-state index in [0.29, 0.717) is 23.7 Å². The maximum atomic E-state index is 10.4. The lowest BCUT2D eigenvalue weighted by atomic mass is 9.42. The fourth-order valence-corrected chi connectivity index (χ4v) is 9.12. The number of fused-ring (bicyclic) bond motifs is 2. The minimum Gasteiger partial charge on any atom is -0.393 e. The Morgan fingerprint density at radius 2 is 1.73 bits per heavy atom. The first-order chi connectivity index (χ1) is 14.2. The summed E-state index contributed by atoms with van der Waals surface area (Å²) in [7, 11) is 0. The maximum absolute atomic E-state index is 10.4. The Balaban J connectivity index is 1.42. The molecule has 0 aromatic rings. The lowest BCUT2D eigenvalue weighted by Crippen LogP contribution is -2.73. The molecule has 170 valence electrons. The molecule has 1 saturated heterocycles. The van der Waals surface area contributed by atoms with E-state index in [4.69, 9.17) is 9.78 Å². The second-order valence-electron chi connectivity index (χ2n) is 12.7. The van der Waals surface area contributed by atoms with Gasteiger partial charge in [0.15, 0.2) is 0 Å². The highest BCUT2D eigenvalue weighted by molar-refractivity contribution is 5.33. The molecule has 2 heterocycles. The Morgan fingerprint density at radius 1 is 0.933 bits per heavy atom. The number of rotatable bonds is 5. The van der Waals surface area contributed by atoms with Crippen LogP contribution in [0.2, 0.25) is 0 Å². The minimum atomic E-state index is -0.424. The molecule has 1 N–H and O–H groups in total. The second kappa shape index (κ2) is 7.06. The van der Waals surface area contributed by atoms with E-state index in [-0.39, 0.29) is 17.1 Å². The van der Waals surface area contributed by atoms with Gasteiger partial charge < -0.3 is 5.11 Å². The van der Waals surface area contributed by atoms with Gasteiger partial charge in [0.05, 0.1) is 6.10 Å². The average Bonchev–Trinajstić information content (AvgIpc) is 3.05. The summed E-state index contributed by atoms with van der Waals surface area (Å²) in [6.07, 6.45) is 16.4. The van der Waals surface area contributed by atoms with Crippen LogP contribution in [0.25, 0.3) is 0 Å². The standard InChI is InChI=1S/C27H44O3/c1-18(2)7-6-8-19(3)21-9-10-22-24(21,4)13-12-23-25(5)14-11-20(28)17-26(25)15-16-27(22,23)30-29-26/h15-16,18-23,28H,6-14,17H2,1-5H3/t19-,20+,21-,22-,23-,24-,25-,26+,27-/m1/s1. The topological polar surface area (TPSA) is 38.7 Å². The van der Waals surface area contributed by atoms with Gasteiger partial charge in [0.25, 0.3) is 0 Å². The zero-order valence-electron chi connectivity index (χ0n) is 20.0. The molecule has 3 nitrogen and oxygen atoms in total. The van der Waals surface area contributed by atoms with Crippen LogP contribution < -0.4 is 0 Å². The Kier molecular flexibility index (Phi) is 5.05. The highest BCUT2D eigenvalue weighted by atomic mass is 17.2. The maximum Gasteiger partial charge on any atom is 0.130 e. The molecule has 3 saturated carbocycles. The number of aliphatic hydroxyl groups is 1. The molecular formula is C27H44O3. The lowest BCUT2D eigenvalue weighted by molar-refractivity contribution is -0.497. The monoisotopic (exact) mass is 416 g/mol. The van der Waals surface area contributed by atoms with Crippen molar-refractivity contribution in [1.82, 2.24) is 0 Å². The van der Waals surface area contributed by atoms with E-state index in [1.54, 1.807) is 0 Å². The minimum absolute atomic E-state index is 0.0848. The first kappa shape index (κ1) is 21.5. The van der Waals surface area contributed by atoms with Crippen molar-refractivity contribution in [1.29, 1.82) is 0 Å². The highest BCUT2D eigenvalue weighted by Crippen LogP contribution is 2.72. The van der Waals surface area contributed by atoms with Gasteiger partial charge in [-0.15, -0.1) is 0 Å². The molecule has 6 aliphatic rings. The Hall–Kier alpha value is -0.380. The molecule has 0 unspecified atom stereocenters. The largest absolute Gasteiger partial charge is 0.393 e. The van der Waals surface area contributed by atoms with Gasteiger partial charge in [-0.2, -0.15) is 0 Å². The fraction of sp³-hybridized carbons (Fsp3) is 0.926. The Morgan fingerprint density at radius 3 is 2.43 bits per heavy atom. The lowest BCUT2D eigenvalue weighted by Gasteiger charge is -2.69. The smallest absolute Gasteiger partial charge is 0.130 e. The van der Waals surface area contributed by atoms with Gasteiger partial charge in [0, 0.05) is 23.7 Å². The van der Waals surface area contributed by atoms with Crippen LogP contribution in [0.3, 0.4) is 0 Å². The summed E-state index contributed by atoms with van der Waals surface area (Å²) < 4.78 is 0. The number of hydrogen-bond donors (Lipinski definition) is 1. The SMILES string of the molecule is CC(C)CCC[C@@H](C)[C@H]1CC[C@@H]2[C@]1(C)CC[C@H]1[C@@]23C=C[C@@]2(C[C@@H](O)CC[C@]12C)OO3. The second-order valence-corrected chi connectivity index (χ2v) is 12.7. The average molecular weight is 417 g/mol. The van der Waals surface area contributed by atoms with Crippen molar-refractivity contribution >= 4 is 0 Å². The van der Waals surface area contributed by atoms with Gasteiger partial charge in [-0.3, -0.25) is 0 Å². The summed E-state index contributed by atoms with van der Waals surface area (Å²) in [4.78, 5) is 12.8. The Bertz CT molecular complexity index is 702. The molecule has 4 aliphatic carbocycles. The molecule has 0 amide bonds. The first-order valence-corrected chi connectivity index (χ1v) is 12.9. The predicted molar refractivity (Wildman–Crippen MR) is 120 cm³/mol. The molecule has 0 aromatic heterocycles.